The number of carbonyl (C=O) groups excluding carboxylic acids is 1. The van der Waals surface area contributed by atoms with Crippen LogP contribution in [0.5, 0.6) is 0 Å². The van der Waals surface area contributed by atoms with Crippen LogP contribution in [0.2, 0.25) is 0 Å². The first-order valence-corrected chi connectivity index (χ1v) is 10.8. The highest BCUT2D eigenvalue weighted by Gasteiger charge is 2.15. The lowest BCUT2D eigenvalue weighted by atomic mass is 10.2. The van der Waals surface area contributed by atoms with Crippen LogP contribution >= 0.6 is 0 Å². The van der Waals surface area contributed by atoms with Crippen LogP contribution in [-0.4, -0.2) is 63.8 Å². The standard InChI is InChI=1S/C20H37N7O/c1-4-17(3)24-20(22-12-15-27-16-23-25-18(27)5-2)21-11-9-14-26-13-8-6-7-10-19(26)28/h16-17H,4-15H2,1-3H3,(H2,21,22,24). The molecule has 1 fully saturated rings. The summed E-state index contributed by atoms with van der Waals surface area (Å²) in [5.74, 6) is 2.14. The molecule has 1 aromatic rings. The van der Waals surface area contributed by atoms with E-state index in [0.717, 1.165) is 70.1 Å². The van der Waals surface area contributed by atoms with E-state index in [1.807, 2.05) is 4.90 Å². The van der Waals surface area contributed by atoms with Gasteiger partial charge in [0.1, 0.15) is 12.2 Å². The number of nitrogens with zero attached hydrogens (tertiary/aromatic N) is 5. The highest BCUT2D eigenvalue weighted by molar-refractivity contribution is 5.80. The predicted molar refractivity (Wildman–Crippen MR) is 112 cm³/mol. The van der Waals surface area contributed by atoms with Gasteiger partial charge in [-0.2, -0.15) is 0 Å². The van der Waals surface area contributed by atoms with Gasteiger partial charge in [-0.1, -0.05) is 20.3 Å². The third-order valence-corrected chi connectivity index (χ3v) is 5.18. The second-order valence-electron chi connectivity index (χ2n) is 7.45. The molecule has 1 amide bonds. The SMILES string of the molecule is CCc1nncn1CCNC(=NCCCN1CCCCCC1=O)NC(C)CC. The van der Waals surface area contributed by atoms with Gasteiger partial charge in [0.2, 0.25) is 5.91 Å². The van der Waals surface area contributed by atoms with Gasteiger partial charge < -0.3 is 20.1 Å². The quantitative estimate of drug-likeness (QED) is 0.362. The lowest BCUT2D eigenvalue weighted by Crippen LogP contribution is -2.43. The molecule has 0 aromatic carbocycles. The highest BCUT2D eigenvalue weighted by Crippen LogP contribution is 2.11. The summed E-state index contributed by atoms with van der Waals surface area (Å²) < 4.78 is 2.07. The van der Waals surface area contributed by atoms with E-state index in [1.165, 1.54) is 6.42 Å². The fraction of sp³-hybridized carbons (Fsp3) is 0.800. The molecule has 0 saturated carbocycles. The summed E-state index contributed by atoms with van der Waals surface area (Å²) in [7, 11) is 0. The summed E-state index contributed by atoms with van der Waals surface area (Å²) >= 11 is 0. The number of carbonyl (C=O) groups is 1. The zero-order chi connectivity index (χ0) is 20.2. The second-order valence-corrected chi connectivity index (χ2v) is 7.45. The Morgan fingerprint density at radius 2 is 2.14 bits per heavy atom. The number of aliphatic imine (C=N–C) groups is 1. The van der Waals surface area contributed by atoms with Crippen LogP contribution in [0.3, 0.4) is 0 Å². The van der Waals surface area contributed by atoms with Crippen molar-refractivity contribution in [3.05, 3.63) is 12.2 Å². The van der Waals surface area contributed by atoms with Crippen LogP contribution < -0.4 is 10.6 Å². The van der Waals surface area contributed by atoms with Crippen molar-refractivity contribution in [2.75, 3.05) is 26.2 Å². The molecular weight excluding hydrogens is 354 g/mol. The minimum absolute atomic E-state index is 0.304. The average molecular weight is 392 g/mol. The molecule has 2 N–H and O–H groups in total. The first kappa shape index (κ1) is 22.2. The van der Waals surface area contributed by atoms with E-state index in [1.54, 1.807) is 6.33 Å². The number of aromatic nitrogens is 3. The summed E-state index contributed by atoms with van der Waals surface area (Å²) in [6, 6.07) is 0.361. The fourth-order valence-electron chi connectivity index (χ4n) is 3.25. The number of nitrogens with one attached hydrogen (secondary N) is 2. The summed E-state index contributed by atoms with van der Waals surface area (Å²) in [5.41, 5.74) is 0. The van der Waals surface area contributed by atoms with E-state index < -0.39 is 0 Å². The second kappa shape index (κ2) is 12.4. The van der Waals surface area contributed by atoms with Gasteiger partial charge in [-0.05, 0) is 32.6 Å². The van der Waals surface area contributed by atoms with E-state index >= 15 is 0 Å². The molecule has 0 spiro atoms. The third kappa shape index (κ3) is 7.48. The summed E-state index contributed by atoms with van der Waals surface area (Å²) in [5, 5.41) is 15.0. The van der Waals surface area contributed by atoms with Crippen molar-refractivity contribution in [1.82, 2.24) is 30.3 Å². The van der Waals surface area contributed by atoms with Gasteiger partial charge in [-0.15, -0.1) is 10.2 Å². The molecule has 1 atom stereocenters. The van der Waals surface area contributed by atoms with Crippen molar-refractivity contribution in [3.8, 4) is 0 Å². The van der Waals surface area contributed by atoms with Crippen LogP contribution in [0.15, 0.2) is 11.3 Å². The molecule has 1 aliphatic rings. The van der Waals surface area contributed by atoms with Crippen LogP contribution in [-0.2, 0) is 17.8 Å². The molecule has 28 heavy (non-hydrogen) atoms. The monoisotopic (exact) mass is 391 g/mol. The Balaban J connectivity index is 1.80. The van der Waals surface area contributed by atoms with Crippen LogP contribution in [0.4, 0.5) is 0 Å². The van der Waals surface area contributed by atoms with Gasteiger partial charge in [0.05, 0.1) is 0 Å². The Labute approximate surface area is 169 Å². The molecule has 0 radical (unpaired) electrons. The molecule has 8 heteroatoms. The topological polar surface area (TPSA) is 87.4 Å². The van der Waals surface area contributed by atoms with Crippen molar-refractivity contribution in [3.63, 3.8) is 0 Å². The Kier molecular flexibility index (Phi) is 9.79. The lowest BCUT2D eigenvalue weighted by Gasteiger charge is -2.20. The van der Waals surface area contributed by atoms with Gasteiger partial charge in [-0.3, -0.25) is 9.79 Å². The third-order valence-electron chi connectivity index (χ3n) is 5.18. The van der Waals surface area contributed by atoms with E-state index in [4.69, 9.17) is 4.99 Å². The zero-order valence-electron chi connectivity index (χ0n) is 17.8. The molecule has 158 valence electrons. The van der Waals surface area contributed by atoms with Crippen molar-refractivity contribution < 1.29 is 4.79 Å². The van der Waals surface area contributed by atoms with Gasteiger partial charge in [0.15, 0.2) is 5.96 Å². The van der Waals surface area contributed by atoms with Crippen molar-refractivity contribution >= 4 is 11.9 Å². The number of likely N-dealkylation sites (tertiary alicyclic amines) is 1. The van der Waals surface area contributed by atoms with Crippen LogP contribution in [0.1, 0.15) is 65.1 Å². The van der Waals surface area contributed by atoms with Gasteiger partial charge in [0.25, 0.3) is 0 Å². The van der Waals surface area contributed by atoms with Crippen LogP contribution in [0.25, 0.3) is 0 Å². The van der Waals surface area contributed by atoms with Crippen molar-refractivity contribution in [2.45, 2.75) is 78.3 Å². The van der Waals surface area contributed by atoms with E-state index in [9.17, 15) is 4.79 Å². The smallest absolute Gasteiger partial charge is 0.222 e. The highest BCUT2D eigenvalue weighted by atomic mass is 16.2. The first-order chi connectivity index (χ1) is 13.6. The molecule has 2 heterocycles. The van der Waals surface area contributed by atoms with E-state index in [2.05, 4.69) is 46.2 Å². The molecule has 1 saturated heterocycles. The van der Waals surface area contributed by atoms with Gasteiger partial charge in [-0.25, -0.2) is 0 Å². The Morgan fingerprint density at radius 3 is 2.93 bits per heavy atom. The Hall–Kier alpha value is -2.12. The molecule has 1 aliphatic heterocycles. The fourth-order valence-corrected chi connectivity index (χ4v) is 3.25. The zero-order valence-corrected chi connectivity index (χ0v) is 17.8. The number of hydrogen-bond donors (Lipinski definition) is 2. The maximum atomic E-state index is 12.1. The Bertz CT molecular complexity index is 613. The van der Waals surface area contributed by atoms with Gasteiger partial charge >= 0.3 is 0 Å². The first-order valence-electron chi connectivity index (χ1n) is 10.8. The number of guanidine groups is 1. The maximum Gasteiger partial charge on any atom is 0.222 e. The summed E-state index contributed by atoms with van der Waals surface area (Å²) in [6.07, 6.45) is 8.61. The average Bonchev–Trinajstić information content (AvgIpc) is 3.06. The molecule has 1 aromatic heterocycles. The molecule has 8 nitrogen and oxygen atoms in total. The number of aryl methyl sites for hydroxylation is 1. The van der Waals surface area contributed by atoms with E-state index in [-0.39, 0.29) is 0 Å². The number of hydrogen-bond acceptors (Lipinski definition) is 4. The minimum atomic E-state index is 0.304. The number of amides is 1. The lowest BCUT2D eigenvalue weighted by molar-refractivity contribution is -0.130. The van der Waals surface area contributed by atoms with Crippen LogP contribution in [0, 0.1) is 0 Å². The van der Waals surface area contributed by atoms with Crippen molar-refractivity contribution in [1.29, 1.82) is 0 Å². The number of rotatable bonds is 10. The normalized spacial score (nSPS) is 16.8. The van der Waals surface area contributed by atoms with Gasteiger partial charge in [0, 0.05) is 51.6 Å². The van der Waals surface area contributed by atoms with Crippen molar-refractivity contribution in [2.24, 2.45) is 4.99 Å². The Morgan fingerprint density at radius 1 is 1.29 bits per heavy atom. The van der Waals surface area contributed by atoms with E-state index in [0.29, 0.717) is 24.9 Å². The summed E-state index contributed by atoms with van der Waals surface area (Å²) in [6.45, 7) is 10.4. The molecule has 1 unspecified atom stereocenters. The molecule has 2 rings (SSSR count). The maximum absolute atomic E-state index is 12.1. The largest absolute Gasteiger partial charge is 0.355 e. The molecular formula is C20H37N7O. The molecule has 0 aliphatic carbocycles. The predicted octanol–water partition coefficient (Wildman–Crippen LogP) is 1.97. The summed E-state index contributed by atoms with van der Waals surface area (Å²) in [4.78, 5) is 18.8. The molecule has 0 bridgehead atoms. The minimum Gasteiger partial charge on any atom is -0.355 e.